The average Bonchev–Trinajstić information content (AvgIpc) is 2.47. The van der Waals surface area contributed by atoms with Gasteiger partial charge in [-0.3, -0.25) is 15.0 Å². The molecule has 1 saturated heterocycles. The van der Waals surface area contributed by atoms with E-state index in [9.17, 15) is 10.1 Å². The number of nitrogens with zero attached hydrogens (tertiary/aromatic N) is 2. The Bertz CT molecular complexity index is 462. The number of hydrogen-bond acceptors (Lipinski definition) is 4. The molecule has 1 N–H and O–H groups in total. The number of benzene rings is 1. The zero-order valence-corrected chi connectivity index (χ0v) is 13.4. The highest BCUT2D eigenvalue weighted by Crippen LogP contribution is 2.31. The number of likely N-dealkylation sites (tertiary alicyclic amines) is 1. The number of rotatable bonds is 5. The lowest BCUT2D eigenvalue weighted by atomic mass is 9.94. The molecule has 0 radical (unpaired) electrons. The summed E-state index contributed by atoms with van der Waals surface area (Å²) in [5.41, 5.74) is 1.06. The van der Waals surface area contributed by atoms with Crippen molar-refractivity contribution in [2.75, 3.05) is 26.7 Å². The molecule has 21 heavy (non-hydrogen) atoms. The number of halogens is 1. The summed E-state index contributed by atoms with van der Waals surface area (Å²) in [6.45, 7) is 5.16. The van der Waals surface area contributed by atoms with Gasteiger partial charge in [0.05, 0.1) is 4.92 Å². The molecule has 0 aliphatic carbocycles. The predicted octanol–water partition coefficient (Wildman–Crippen LogP) is 3.01. The van der Waals surface area contributed by atoms with Crippen molar-refractivity contribution in [1.29, 1.82) is 0 Å². The lowest BCUT2D eigenvalue weighted by Crippen LogP contribution is -2.38. The normalized spacial score (nSPS) is 18.0. The Morgan fingerprint density at radius 2 is 2.00 bits per heavy atom. The minimum atomic E-state index is -0.278. The summed E-state index contributed by atoms with van der Waals surface area (Å²) < 4.78 is 0. The van der Waals surface area contributed by atoms with E-state index in [4.69, 9.17) is 0 Å². The topological polar surface area (TPSA) is 58.4 Å². The van der Waals surface area contributed by atoms with Crippen molar-refractivity contribution in [2.45, 2.75) is 25.8 Å². The number of para-hydroxylation sites is 1. The van der Waals surface area contributed by atoms with Gasteiger partial charge in [0.2, 0.25) is 0 Å². The molecule has 1 aliphatic rings. The number of nitro benzene ring substituents is 1. The second kappa shape index (κ2) is 8.32. The van der Waals surface area contributed by atoms with Crippen LogP contribution in [0.25, 0.3) is 0 Å². The Hall–Kier alpha value is -1.17. The van der Waals surface area contributed by atoms with E-state index in [0.717, 1.165) is 44.0 Å². The molecule has 1 atom stereocenters. The lowest BCUT2D eigenvalue weighted by Gasteiger charge is -2.36. The fraction of sp³-hybridized carbons (Fsp3) is 0.600. The molecule has 1 fully saturated rings. The average molecular weight is 314 g/mol. The van der Waals surface area contributed by atoms with Gasteiger partial charge in [-0.1, -0.05) is 18.2 Å². The summed E-state index contributed by atoms with van der Waals surface area (Å²) >= 11 is 0. The molecular formula is C15H24ClN3O2. The van der Waals surface area contributed by atoms with Crippen molar-refractivity contribution in [2.24, 2.45) is 5.92 Å². The summed E-state index contributed by atoms with van der Waals surface area (Å²) in [6, 6.07) is 7.19. The summed E-state index contributed by atoms with van der Waals surface area (Å²) in [5, 5.41) is 14.4. The second-order valence-electron chi connectivity index (χ2n) is 5.53. The van der Waals surface area contributed by atoms with Gasteiger partial charge in [0, 0.05) is 17.7 Å². The van der Waals surface area contributed by atoms with Crippen LogP contribution in [-0.4, -0.2) is 36.5 Å². The highest BCUT2D eigenvalue weighted by molar-refractivity contribution is 5.85. The number of nitrogens with one attached hydrogen (secondary N) is 1. The molecule has 6 heteroatoms. The van der Waals surface area contributed by atoms with Crippen molar-refractivity contribution < 1.29 is 4.92 Å². The SMILES string of the molecule is CNCC1CCN(C(C)c2ccccc2[N+](=O)[O-])CC1.Cl. The van der Waals surface area contributed by atoms with Gasteiger partial charge in [0.1, 0.15) is 0 Å². The van der Waals surface area contributed by atoms with Crippen LogP contribution < -0.4 is 5.32 Å². The Labute approximate surface area is 132 Å². The van der Waals surface area contributed by atoms with E-state index in [1.165, 1.54) is 0 Å². The second-order valence-corrected chi connectivity index (χ2v) is 5.53. The summed E-state index contributed by atoms with van der Waals surface area (Å²) in [4.78, 5) is 13.2. The van der Waals surface area contributed by atoms with E-state index >= 15 is 0 Å². The molecule has 1 aromatic rings. The number of piperidine rings is 1. The van der Waals surface area contributed by atoms with Crippen molar-refractivity contribution in [1.82, 2.24) is 10.2 Å². The van der Waals surface area contributed by atoms with Crippen LogP contribution in [0.5, 0.6) is 0 Å². The number of nitro groups is 1. The van der Waals surface area contributed by atoms with E-state index in [0.29, 0.717) is 0 Å². The van der Waals surface area contributed by atoms with Gasteiger partial charge in [0.25, 0.3) is 5.69 Å². The third-order valence-electron chi connectivity index (χ3n) is 4.27. The van der Waals surface area contributed by atoms with Gasteiger partial charge in [-0.05, 0) is 52.4 Å². The highest BCUT2D eigenvalue weighted by Gasteiger charge is 2.26. The molecule has 1 heterocycles. The van der Waals surface area contributed by atoms with Gasteiger partial charge >= 0.3 is 0 Å². The first kappa shape index (κ1) is 17.9. The largest absolute Gasteiger partial charge is 0.319 e. The van der Waals surface area contributed by atoms with Crippen molar-refractivity contribution in [3.8, 4) is 0 Å². The molecule has 0 saturated carbocycles. The maximum absolute atomic E-state index is 11.1. The third-order valence-corrected chi connectivity index (χ3v) is 4.27. The maximum Gasteiger partial charge on any atom is 0.274 e. The molecule has 1 unspecified atom stereocenters. The predicted molar refractivity (Wildman–Crippen MR) is 87.0 cm³/mol. The van der Waals surface area contributed by atoms with Crippen LogP contribution in [0.3, 0.4) is 0 Å². The van der Waals surface area contributed by atoms with Crippen LogP contribution in [0, 0.1) is 16.0 Å². The van der Waals surface area contributed by atoms with E-state index in [1.54, 1.807) is 12.1 Å². The zero-order valence-electron chi connectivity index (χ0n) is 12.6. The molecular weight excluding hydrogens is 290 g/mol. The first-order chi connectivity index (χ1) is 9.63. The molecule has 1 aliphatic heterocycles. The van der Waals surface area contributed by atoms with Crippen LogP contribution in [0.4, 0.5) is 5.69 Å². The first-order valence-electron chi connectivity index (χ1n) is 7.25. The van der Waals surface area contributed by atoms with Crippen LogP contribution in [0.2, 0.25) is 0 Å². The molecule has 118 valence electrons. The summed E-state index contributed by atoms with van der Waals surface area (Å²) in [7, 11) is 1.99. The van der Waals surface area contributed by atoms with Crippen molar-refractivity contribution >= 4 is 18.1 Å². The van der Waals surface area contributed by atoms with Crippen molar-refractivity contribution in [3.63, 3.8) is 0 Å². The molecule has 1 aromatic carbocycles. The van der Waals surface area contributed by atoms with Gasteiger partial charge < -0.3 is 5.32 Å². The fourth-order valence-corrected chi connectivity index (χ4v) is 3.04. The zero-order chi connectivity index (χ0) is 14.5. The smallest absolute Gasteiger partial charge is 0.274 e. The van der Waals surface area contributed by atoms with Crippen molar-refractivity contribution in [3.05, 3.63) is 39.9 Å². The molecule has 0 spiro atoms. The fourth-order valence-electron chi connectivity index (χ4n) is 3.04. The highest BCUT2D eigenvalue weighted by atomic mass is 35.5. The Morgan fingerprint density at radius 3 is 2.57 bits per heavy atom. The minimum Gasteiger partial charge on any atom is -0.319 e. The van der Waals surface area contributed by atoms with Gasteiger partial charge in [-0.15, -0.1) is 12.4 Å². The molecule has 0 bridgehead atoms. The van der Waals surface area contributed by atoms with Crippen LogP contribution in [0.15, 0.2) is 24.3 Å². The Morgan fingerprint density at radius 1 is 1.38 bits per heavy atom. The van der Waals surface area contributed by atoms with E-state index in [-0.39, 0.29) is 29.1 Å². The third kappa shape index (κ3) is 4.40. The summed E-state index contributed by atoms with van der Waals surface area (Å²) in [6.07, 6.45) is 2.32. The Balaban J connectivity index is 0.00000220. The van der Waals surface area contributed by atoms with Gasteiger partial charge in [-0.2, -0.15) is 0 Å². The lowest BCUT2D eigenvalue weighted by molar-refractivity contribution is -0.386. The monoisotopic (exact) mass is 313 g/mol. The first-order valence-corrected chi connectivity index (χ1v) is 7.25. The van der Waals surface area contributed by atoms with E-state index < -0.39 is 0 Å². The molecule has 2 rings (SSSR count). The quantitative estimate of drug-likeness (QED) is 0.670. The number of hydrogen-bond donors (Lipinski definition) is 1. The van der Waals surface area contributed by atoms with E-state index in [2.05, 4.69) is 17.1 Å². The van der Waals surface area contributed by atoms with Gasteiger partial charge in [-0.25, -0.2) is 0 Å². The van der Waals surface area contributed by atoms with E-state index in [1.807, 2.05) is 19.2 Å². The minimum absolute atomic E-state index is 0. The summed E-state index contributed by atoms with van der Waals surface area (Å²) in [5.74, 6) is 0.731. The molecule has 5 nitrogen and oxygen atoms in total. The molecule has 0 amide bonds. The molecule has 0 aromatic heterocycles. The standard InChI is InChI=1S/C15H23N3O2.ClH/c1-12(14-5-3-4-6-15(14)18(19)20)17-9-7-13(8-10-17)11-16-2;/h3-6,12-13,16H,7-11H2,1-2H3;1H. The van der Waals surface area contributed by atoms with Gasteiger partial charge in [0.15, 0.2) is 0 Å². The Kier molecular flexibility index (Phi) is 7.08. The van der Waals surface area contributed by atoms with Crippen LogP contribution in [0.1, 0.15) is 31.4 Å². The van der Waals surface area contributed by atoms with Crippen LogP contribution in [-0.2, 0) is 0 Å². The maximum atomic E-state index is 11.1. The van der Waals surface area contributed by atoms with Crippen LogP contribution >= 0.6 is 12.4 Å².